The highest BCUT2D eigenvalue weighted by Gasteiger charge is 2.33. The first-order chi connectivity index (χ1) is 15.3. The fourth-order valence-electron chi connectivity index (χ4n) is 4.06. The maximum Gasteiger partial charge on any atom is 0.573 e. The number of phenols is 1. The maximum absolute atomic E-state index is 13.0. The summed E-state index contributed by atoms with van der Waals surface area (Å²) in [7, 11) is 0. The van der Waals surface area contributed by atoms with Gasteiger partial charge in [-0.05, 0) is 47.0 Å². The Morgan fingerprint density at radius 1 is 1.03 bits per heavy atom. The number of hydrogen-bond donors (Lipinski definition) is 2. The lowest BCUT2D eigenvalue weighted by Gasteiger charge is -2.37. The van der Waals surface area contributed by atoms with Crippen LogP contribution in [0.1, 0.15) is 17.2 Å². The van der Waals surface area contributed by atoms with Crippen LogP contribution in [0.4, 0.5) is 13.2 Å². The van der Waals surface area contributed by atoms with E-state index >= 15 is 0 Å². The fraction of sp³-hybridized carbons (Fsp3) is 0.250. The number of rotatable bonds is 5. The number of nitrogens with zero attached hydrogens (tertiary/aromatic N) is 1. The number of halogens is 4. The van der Waals surface area contributed by atoms with Crippen molar-refractivity contribution in [3.8, 4) is 22.6 Å². The van der Waals surface area contributed by atoms with Gasteiger partial charge in [-0.3, -0.25) is 4.90 Å². The molecule has 168 valence electrons. The number of aromatic hydroxyl groups is 1. The van der Waals surface area contributed by atoms with Gasteiger partial charge in [0.25, 0.3) is 0 Å². The standard InChI is InChI=1S/C24H22ClF3N2O2/c25-18-6-3-5-16(12-18)22-14-29-10-11-30(22)15-17-4-1-2-7-20(17)21-13-19(31)8-9-23(21)32-24(26,27)28/h1-9,12-13,22,29,31H,10-11,14-15H2/t22-/m1/s1. The Kier molecular flexibility index (Phi) is 6.60. The topological polar surface area (TPSA) is 44.7 Å². The number of hydrogen-bond acceptors (Lipinski definition) is 4. The molecule has 32 heavy (non-hydrogen) atoms. The Morgan fingerprint density at radius 3 is 2.62 bits per heavy atom. The van der Waals surface area contributed by atoms with Crippen molar-refractivity contribution in [2.45, 2.75) is 18.9 Å². The van der Waals surface area contributed by atoms with Crippen molar-refractivity contribution >= 4 is 11.6 Å². The van der Waals surface area contributed by atoms with Gasteiger partial charge in [0.05, 0.1) is 0 Å². The summed E-state index contributed by atoms with van der Waals surface area (Å²) in [5.74, 6) is -0.488. The molecule has 1 atom stereocenters. The second-order valence-electron chi connectivity index (χ2n) is 7.63. The predicted molar refractivity (Wildman–Crippen MR) is 118 cm³/mol. The molecule has 1 fully saturated rings. The van der Waals surface area contributed by atoms with Crippen molar-refractivity contribution in [1.82, 2.24) is 10.2 Å². The van der Waals surface area contributed by atoms with Crippen molar-refractivity contribution in [3.63, 3.8) is 0 Å². The van der Waals surface area contributed by atoms with E-state index in [0.29, 0.717) is 17.1 Å². The molecule has 0 bridgehead atoms. The van der Waals surface area contributed by atoms with Crippen LogP contribution in [0.25, 0.3) is 11.1 Å². The third kappa shape index (κ3) is 5.35. The van der Waals surface area contributed by atoms with E-state index in [1.165, 1.54) is 12.1 Å². The Balaban J connectivity index is 1.69. The minimum atomic E-state index is -4.84. The highest BCUT2D eigenvalue weighted by atomic mass is 35.5. The van der Waals surface area contributed by atoms with Crippen LogP contribution in [-0.2, 0) is 6.54 Å². The molecule has 0 saturated carbocycles. The van der Waals surface area contributed by atoms with Crippen molar-refractivity contribution in [3.05, 3.63) is 82.9 Å². The smallest absolute Gasteiger partial charge is 0.508 e. The Hall–Kier alpha value is -2.74. The number of phenolic OH excluding ortho intramolecular Hbond substituents is 1. The van der Waals surface area contributed by atoms with Crippen LogP contribution in [0.2, 0.25) is 5.02 Å². The van der Waals surface area contributed by atoms with E-state index in [2.05, 4.69) is 15.0 Å². The fourth-order valence-corrected chi connectivity index (χ4v) is 4.26. The second-order valence-corrected chi connectivity index (χ2v) is 8.07. The average Bonchev–Trinajstić information content (AvgIpc) is 2.75. The van der Waals surface area contributed by atoms with Gasteiger partial charge in [0.1, 0.15) is 11.5 Å². The highest BCUT2D eigenvalue weighted by molar-refractivity contribution is 6.30. The maximum atomic E-state index is 13.0. The van der Waals surface area contributed by atoms with E-state index in [9.17, 15) is 18.3 Å². The van der Waals surface area contributed by atoms with E-state index in [1.807, 2.05) is 36.4 Å². The van der Waals surface area contributed by atoms with E-state index in [-0.39, 0.29) is 23.1 Å². The third-order valence-corrected chi connectivity index (χ3v) is 5.69. The molecule has 3 aromatic rings. The molecule has 0 amide bonds. The first kappa shape index (κ1) is 22.5. The van der Waals surface area contributed by atoms with Gasteiger partial charge in [-0.2, -0.15) is 0 Å². The molecule has 0 aliphatic carbocycles. The van der Waals surface area contributed by atoms with Crippen LogP contribution in [0.15, 0.2) is 66.7 Å². The molecule has 0 aromatic heterocycles. The Bertz CT molecular complexity index is 1090. The summed E-state index contributed by atoms with van der Waals surface area (Å²) in [6.45, 7) is 2.80. The van der Waals surface area contributed by atoms with E-state index in [4.69, 9.17) is 11.6 Å². The number of benzene rings is 3. The summed E-state index contributed by atoms with van der Waals surface area (Å²) in [4.78, 5) is 2.27. The van der Waals surface area contributed by atoms with Crippen LogP contribution < -0.4 is 10.1 Å². The van der Waals surface area contributed by atoms with Gasteiger partial charge in [0.15, 0.2) is 0 Å². The average molecular weight is 463 g/mol. The van der Waals surface area contributed by atoms with Crippen molar-refractivity contribution in [2.24, 2.45) is 0 Å². The van der Waals surface area contributed by atoms with Gasteiger partial charge >= 0.3 is 6.36 Å². The minimum Gasteiger partial charge on any atom is -0.508 e. The number of alkyl halides is 3. The molecule has 3 aromatic carbocycles. The molecule has 4 rings (SSSR count). The van der Waals surface area contributed by atoms with Crippen LogP contribution in [0.5, 0.6) is 11.5 Å². The Morgan fingerprint density at radius 2 is 1.84 bits per heavy atom. The largest absolute Gasteiger partial charge is 0.573 e. The van der Waals surface area contributed by atoms with Gasteiger partial charge in [-0.1, -0.05) is 48.0 Å². The number of piperazine rings is 1. The van der Waals surface area contributed by atoms with Gasteiger partial charge in [-0.25, -0.2) is 0 Å². The van der Waals surface area contributed by atoms with Crippen LogP contribution in [-0.4, -0.2) is 36.0 Å². The zero-order valence-electron chi connectivity index (χ0n) is 17.1. The Labute approximate surface area is 189 Å². The van der Waals surface area contributed by atoms with Crippen LogP contribution in [0, 0.1) is 0 Å². The number of ether oxygens (including phenoxy) is 1. The van der Waals surface area contributed by atoms with Crippen molar-refractivity contribution in [2.75, 3.05) is 19.6 Å². The van der Waals surface area contributed by atoms with Gasteiger partial charge in [0, 0.05) is 42.8 Å². The zero-order chi connectivity index (χ0) is 22.7. The third-order valence-electron chi connectivity index (χ3n) is 5.46. The quantitative estimate of drug-likeness (QED) is 0.506. The lowest BCUT2D eigenvalue weighted by molar-refractivity contribution is -0.274. The SMILES string of the molecule is Oc1ccc(OC(F)(F)F)c(-c2ccccc2CN2CCNC[C@@H]2c2cccc(Cl)c2)c1. The molecular formula is C24H22ClF3N2O2. The summed E-state index contributed by atoms with van der Waals surface area (Å²) in [5.41, 5.74) is 2.66. The molecule has 4 nitrogen and oxygen atoms in total. The summed E-state index contributed by atoms with van der Waals surface area (Å²) in [6.07, 6.45) is -4.84. The molecular weight excluding hydrogens is 441 g/mol. The lowest BCUT2D eigenvalue weighted by atomic mass is 9.96. The zero-order valence-corrected chi connectivity index (χ0v) is 17.8. The van der Waals surface area contributed by atoms with E-state index < -0.39 is 6.36 Å². The van der Waals surface area contributed by atoms with E-state index in [0.717, 1.165) is 36.8 Å². The van der Waals surface area contributed by atoms with Crippen LogP contribution in [0.3, 0.4) is 0 Å². The highest BCUT2D eigenvalue weighted by Crippen LogP contribution is 2.39. The first-order valence-electron chi connectivity index (χ1n) is 10.2. The van der Waals surface area contributed by atoms with Crippen molar-refractivity contribution in [1.29, 1.82) is 0 Å². The summed E-state index contributed by atoms with van der Waals surface area (Å²) in [6, 6.07) is 18.6. The molecule has 0 radical (unpaired) electrons. The molecule has 1 heterocycles. The lowest BCUT2D eigenvalue weighted by Crippen LogP contribution is -2.45. The second kappa shape index (κ2) is 9.40. The molecule has 1 aliphatic rings. The first-order valence-corrected chi connectivity index (χ1v) is 10.6. The molecule has 8 heteroatoms. The van der Waals surface area contributed by atoms with Gasteiger partial charge in [0.2, 0.25) is 0 Å². The van der Waals surface area contributed by atoms with Crippen molar-refractivity contribution < 1.29 is 23.0 Å². The minimum absolute atomic E-state index is 0.0607. The van der Waals surface area contributed by atoms with E-state index in [1.54, 1.807) is 12.1 Å². The predicted octanol–water partition coefficient (Wildman–Crippen LogP) is 5.76. The van der Waals surface area contributed by atoms with Gasteiger partial charge < -0.3 is 15.2 Å². The van der Waals surface area contributed by atoms with Gasteiger partial charge in [-0.15, -0.1) is 13.2 Å². The molecule has 0 unspecified atom stereocenters. The monoisotopic (exact) mass is 462 g/mol. The number of nitrogens with one attached hydrogen (secondary N) is 1. The summed E-state index contributed by atoms with van der Waals surface area (Å²) >= 11 is 6.19. The normalized spacial score (nSPS) is 17.3. The molecule has 1 saturated heterocycles. The van der Waals surface area contributed by atoms with Crippen LogP contribution >= 0.6 is 11.6 Å². The summed E-state index contributed by atoms with van der Waals surface area (Å²) < 4.78 is 43.2. The molecule has 1 aliphatic heterocycles. The summed E-state index contributed by atoms with van der Waals surface area (Å²) in [5, 5.41) is 14.0. The molecule has 0 spiro atoms. The molecule has 2 N–H and O–H groups in total.